The van der Waals surface area contributed by atoms with E-state index < -0.39 is 5.41 Å². The highest BCUT2D eigenvalue weighted by atomic mass is 16.5. The SMILES string of the molecule is COC(=O)CC(C)(C)C(=O)[C@H]1CC[C@H]2C1=CC[C@@H]1c3ccc(N)cc3CC[C@@H]12. The average Bonchev–Trinajstić information content (AvgIpc) is 3.10. The van der Waals surface area contributed by atoms with E-state index in [1.807, 2.05) is 19.9 Å². The predicted molar refractivity (Wildman–Crippen MR) is 110 cm³/mol. The Balaban J connectivity index is 1.57. The van der Waals surface area contributed by atoms with Gasteiger partial charge in [-0.15, -0.1) is 0 Å². The summed E-state index contributed by atoms with van der Waals surface area (Å²) >= 11 is 0. The molecule has 4 heteroatoms. The molecule has 0 saturated heterocycles. The zero-order chi connectivity index (χ0) is 20.1. The summed E-state index contributed by atoms with van der Waals surface area (Å²) in [5.74, 6) is 1.54. The Morgan fingerprint density at radius 1 is 1.18 bits per heavy atom. The molecule has 4 rings (SSSR count). The van der Waals surface area contributed by atoms with Gasteiger partial charge in [-0.1, -0.05) is 31.6 Å². The number of carbonyl (C=O) groups is 2. The third-order valence-corrected chi connectivity index (χ3v) is 7.35. The Morgan fingerprint density at radius 3 is 2.71 bits per heavy atom. The van der Waals surface area contributed by atoms with Gasteiger partial charge in [0, 0.05) is 17.0 Å². The van der Waals surface area contributed by atoms with Crippen molar-refractivity contribution in [2.75, 3.05) is 12.8 Å². The summed E-state index contributed by atoms with van der Waals surface area (Å²) in [6.45, 7) is 3.76. The van der Waals surface area contributed by atoms with Crippen molar-refractivity contribution >= 4 is 17.4 Å². The topological polar surface area (TPSA) is 69.4 Å². The molecule has 28 heavy (non-hydrogen) atoms. The van der Waals surface area contributed by atoms with Crippen LogP contribution in [0.4, 0.5) is 5.69 Å². The summed E-state index contributed by atoms with van der Waals surface area (Å²) in [5, 5.41) is 0. The first-order valence-corrected chi connectivity index (χ1v) is 10.5. The van der Waals surface area contributed by atoms with Gasteiger partial charge in [0.05, 0.1) is 13.5 Å². The standard InChI is InChI=1S/C24H31NO3/c1-24(2,13-22(26)28-3)23(27)21-11-10-19-18-6-4-14-12-15(25)5-7-16(14)17(18)8-9-20(19)21/h5,7,9,12,17-19,21H,4,6,8,10-11,13,25H2,1-3H3/t17-,18+,19-,21+/m1/s1. The molecule has 3 aliphatic rings. The number of hydrogen-bond donors (Lipinski definition) is 1. The number of ether oxygens (including phenoxy) is 1. The van der Waals surface area contributed by atoms with Crippen LogP contribution in [0.1, 0.15) is 63.0 Å². The number of methoxy groups -OCH3 is 1. The minimum Gasteiger partial charge on any atom is -0.469 e. The van der Waals surface area contributed by atoms with Gasteiger partial charge < -0.3 is 10.5 Å². The third-order valence-electron chi connectivity index (χ3n) is 7.35. The third kappa shape index (κ3) is 3.17. The molecule has 0 aromatic heterocycles. The molecule has 1 fully saturated rings. The van der Waals surface area contributed by atoms with Gasteiger partial charge in [-0.05, 0) is 73.1 Å². The van der Waals surface area contributed by atoms with Gasteiger partial charge in [-0.3, -0.25) is 9.59 Å². The first kappa shape index (κ1) is 19.2. The molecular weight excluding hydrogens is 350 g/mol. The van der Waals surface area contributed by atoms with Crippen LogP contribution in [0.5, 0.6) is 0 Å². The molecule has 4 nitrogen and oxygen atoms in total. The van der Waals surface area contributed by atoms with Crippen molar-refractivity contribution in [2.24, 2.45) is 23.2 Å². The fourth-order valence-electron chi connectivity index (χ4n) is 5.97. The van der Waals surface area contributed by atoms with Crippen LogP contribution in [-0.2, 0) is 20.7 Å². The number of rotatable bonds is 4. The summed E-state index contributed by atoms with van der Waals surface area (Å²) in [6.07, 6.45) is 7.76. The van der Waals surface area contributed by atoms with Crippen LogP contribution in [-0.4, -0.2) is 18.9 Å². The van der Waals surface area contributed by atoms with Crippen molar-refractivity contribution in [3.05, 3.63) is 41.0 Å². The Hall–Kier alpha value is -2.10. The monoisotopic (exact) mass is 381 g/mol. The number of esters is 1. The number of aryl methyl sites for hydroxylation is 1. The van der Waals surface area contributed by atoms with Crippen LogP contribution in [0.25, 0.3) is 0 Å². The van der Waals surface area contributed by atoms with Crippen molar-refractivity contribution in [2.45, 2.75) is 58.3 Å². The van der Waals surface area contributed by atoms with E-state index >= 15 is 0 Å². The lowest BCUT2D eigenvalue weighted by molar-refractivity contribution is -0.147. The highest BCUT2D eigenvalue weighted by molar-refractivity contribution is 5.92. The molecule has 2 N–H and O–H groups in total. The minimum atomic E-state index is -0.680. The van der Waals surface area contributed by atoms with E-state index in [0.29, 0.717) is 17.8 Å². The van der Waals surface area contributed by atoms with E-state index in [9.17, 15) is 9.59 Å². The molecule has 0 unspecified atom stereocenters. The zero-order valence-corrected chi connectivity index (χ0v) is 17.2. The zero-order valence-electron chi connectivity index (χ0n) is 17.2. The van der Waals surface area contributed by atoms with E-state index in [-0.39, 0.29) is 24.1 Å². The number of fused-ring (bicyclic) bond motifs is 5. The number of benzene rings is 1. The molecule has 1 aromatic carbocycles. The van der Waals surface area contributed by atoms with E-state index in [0.717, 1.165) is 31.4 Å². The molecule has 1 saturated carbocycles. The first-order valence-electron chi connectivity index (χ1n) is 10.5. The van der Waals surface area contributed by atoms with Crippen molar-refractivity contribution in [1.29, 1.82) is 0 Å². The second-order valence-electron chi connectivity index (χ2n) is 9.44. The maximum absolute atomic E-state index is 13.3. The van der Waals surface area contributed by atoms with Gasteiger partial charge in [0.2, 0.25) is 0 Å². The molecule has 0 spiro atoms. The summed E-state index contributed by atoms with van der Waals surface area (Å²) in [6, 6.07) is 6.38. The Bertz CT molecular complexity index is 838. The van der Waals surface area contributed by atoms with Crippen LogP contribution in [0.3, 0.4) is 0 Å². The molecule has 4 atom stereocenters. The molecule has 0 heterocycles. The highest BCUT2D eigenvalue weighted by Crippen LogP contribution is 2.55. The van der Waals surface area contributed by atoms with Crippen molar-refractivity contribution < 1.29 is 14.3 Å². The average molecular weight is 382 g/mol. The van der Waals surface area contributed by atoms with Crippen LogP contribution >= 0.6 is 0 Å². The van der Waals surface area contributed by atoms with Crippen molar-refractivity contribution in [1.82, 2.24) is 0 Å². The number of nitrogen functional groups attached to an aromatic ring is 1. The summed E-state index contributed by atoms with van der Waals surface area (Å²) in [5.41, 5.74) is 10.4. The van der Waals surface area contributed by atoms with Gasteiger partial charge in [0.25, 0.3) is 0 Å². The number of carbonyl (C=O) groups excluding carboxylic acids is 2. The van der Waals surface area contributed by atoms with Crippen molar-refractivity contribution in [3.63, 3.8) is 0 Å². The smallest absolute Gasteiger partial charge is 0.306 e. The molecule has 0 aliphatic heterocycles. The molecule has 3 aliphatic carbocycles. The van der Waals surface area contributed by atoms with Gasteiger partial charge >= 0.3 is 5.97 Å². The van der Waals surface area contributed by atoms with E-state index in [1.54, 1.807) is 0 Å². The number of allylic oxidation sites excluding steroid dienone is 2. The van der Waals surface area contributed by atoms with Gasteiger partial charge in [0.1, 0.15) is 5.78 Å². The Kier molecular flexibility index (Phi) is 4.84. The summed E-state index contributed by atoms with van der Waals surface area (Å²) < 4.78 is 4.80. The molecule has 0 bridgehead atoms. The summed E-state index contributed by atoms with van der Waals surface area (Å²) in [7, 11) is 1.38. The lowest BCUT2D eigenvalue weighted by Gasteiger charge is -2.41. The number of ketones is 1. The second kappa shape index (κ2) is 7.06. The number of anilines is 1. The molecule has 0 radical (unpaired) electrons. The predicted octanol–water partition coefficient (Wildman–Crippen LogP) is 4.43. The summed E-state index contributed by atoms with van der Waals surface area (Å²) in [4.78, 5) is 25.1. The van der Waals surface area contributed by atoms with Crippen LogP contribution < -0.4 is 5.73 Å². The largest absolute Gasteiger partial charge is 0.469 e. The number of nitrogens with two attached hydrogens (primary N) is 1. The van der Waals surface area contributed by atoms with Gasteiger partial charge in [-0.25, -0.2) is 0 Å². The van der Waals surface area contributed by atoms with Crippen LogP contribution in [0.2, 0.25) is 0 Å². The van der Waals surface area contributed by atoms with Gasteiger partial charge in [-0.2, -0.15) is 0 Å². The quantitative estimate of drug-likeness (QED) is 0.476. The van der Waals surface area contributed by atoms with Crippen molar-refractivity contribution in [3.8, 4) is 0 Å². The molecule has 1 aromatic rings. The molecular formula is C24H31NO3. The van der Waals surface area contributed by atoms with Crippen LogP contribution in [0, 0.1) is 23.2 Å². The normalized spacial score (nSPS) is 28.6. The second-order valence-corrected chi connectivity index (χ2v) is 9.44. The Labute approximate surface area is 167 Å². The fourth-order valence-corrected chi connectivity index (χ4v) is 5.97. The maximum atomic E-state index is 13.3. The lowest BCUT2D eigenvalue weighted by Crippen LogP contribution is -2.35. The molecule has 150 valence electrons. The van der Waals surface area contributed by atoms with E-state index in [1.165, 1.54) is 30.2 Å². The minimum absolute atomic E-state index is 0.0292. The number of hydrogen-bond acceptors (Lipinski definition) is 4. The van der Waals surface area contributed by atoms with Gasteiger partial charge in [0.15, 0.2) is 0 Å². The fraction of sp³-hybridized carbons (Fsp3) is 0.583. The molecule has 0 amide bonds. The Morgan fingerprint density at radius 2 is 1.96 bits per heavy atom. The first-order chi connectivity index (χ1) is 13.3. The van der Waals surface area contributed by atoms with E-state index in [2.05, 4.69) is 18.2 Å². The highest BCUT2D eigenvalue weighted by Gasteiger charge is 2.48. The van der Waals surface area contributed by atoms with E-state index in [4.69, 9.17) is 10.5 Å². The maximum Gasteiger partial charge on any atom is 0.306 e. The van der Waals surface area contributed by atoms with Crippen LogP contribution in [0.15, 0.2) is 29.8 Å². The number of Topliss-reactive ketones (excluding diaryl/α,β-unsaturated/α-hetero) is 1. The lowest BCUT2D eigenvalue weighted by atomic mass is 9.63.